The SMILES string of the molecule is CC(C)n1ccc(C(=O)NCC[C@]2(O)C[C@H]3CC[C@H]2C3)n1. The summed E-state index contributed by atoms with van der Waals surface area (Å²) in [6.45, 7) is 4.58. The maximum Gasteiger partial charge on any atom is 0.271 e. The molecular weight excluding hydrogens is 266 g/mol. The molecule has 5 heteroatoms. The van der Waals surface area contributed by atoms with E-state index < -0.39 is 5.60 Å². The number of amides is 1. The number of carbonyl (C=O) groups is 1. The van der Waals surface area contributed by atoms with Crippen LogP contribution >= 0.6 is 0 Å². The molecule has 0 unspecified atom stereocenters. The van der Waals surface area contributed by atoms with E-state index in [2.05, 4.69) is 10.4 Å². The summed E-state index contributed by atoms with van der Waals surface area (Å²) >= 11 is 0. The lowest BCUT2D eigenvalue weighted by Crippen LogP contribution is -2.39. The van der Waals surface area contributed by atoms with Crippen LogP contribution in [0.5, 0.6) is 0 Å². The summed E-state index contributed by atoms with van der Waals surface area (Å²) in [6, 6.07) is 1.99. The molecule has 2 aliphatic carbocycles. The molecule has 1 heterocycles. The van der Waals surface area contributed by atoms with E-state index in [-0.39, 0.29) is 11.9 Å². The first-order valence-electron chi connectivity index (χ1n) is 8.04. The molecule has 0 aromatic carbocycles. The van der Waals surface area contributed by atoms with Crippen LogP contribution in [0.25, 0.3) is 0 Å². The Kier molecular flexibility index (Phi) is 3.78. The van der Waals surface area contributed by atoms with E-state index in [1.54, 1.807) is 10.7 Å². The third-order valence-corrected chi connectivity index (χ3v) is 5.16. The van der Waals surface area contributed by atoms with Gasteiger partial charge in [-0.2, -0.15) is 5.10 Å². The van der Waals surface area contributed by atoms with Crippen molar-refractivity contribution in [3.05, 3.63) is 18.0 Å². The predicted molar refractivity (Wildman–Crippen MR) is 80.0 cm³/mol. The zero-order chi connectivity index (χ0) is 15.0. The minimum Gasteiger partial charge on any atom is -0.390 e. The summed E-state index contributed by atoms with van der Waals surface area (Å²) in [6.07, 6.45) is 6.98. The van der Waals surface area contributed by atoms with Crippen molar-refractivity contribution < 1.29 is 9.90 Å². The second-order valence-electron chi connectivity index (χ2n) is 6.96. The van der Waals surface area contributed by atoms with E-state index in [1.165, 1.54) is 12.8 Å². The maximum atomic E-state index is 12.1. The fourth-order valence-electron chi connectivity index (χ4n) is 3.95. The molecule has 0 aliphatic heterocycles. The van der Waals surface area contributed by atoms with Crippen molar-refractivity contribution in [2.24, 2.45) is 11.8 Å². The summed E-state index contributed by atoms with van der Waals surface area (Å²) in [5, 5.41) is 17.8. The Morgan fingerprint density at radius 2 is 2.38 bits per heavy atom. The molecule has 1 amide bonds. The lowest BCUT2D eigenvalue weighted by Gasteiger charge is -2.32. The van der Waals surface area contributed by atoms with Crippen molar-refractivity contribution in [1.29, 1.82) is 0 Å². The summed E-state index contributed by atoms with van der Waals surface area (Å²) in [4.78, 5) is 12.1. The van der Waals surface area contributed by atoms with E-state index in [9.17, 15) is 9.90 Å². The van der Waals surface area contributed by atoms with Gasteiger partial charge in [-0.15, -0.1) is 0 Å². The highest BCUT2D eigenvalue weighted by Gasteiger charge is 2.49. The minimum atomic E-state index is -0.548. The predicted octanol–water partition coefficient (Wildman–Crippen LogP) is 2.13. The van der Waals surface area contributed by atoms with Gasteiger partial charge in [0.05, 0.1) is 5.60 Å². The van der Waals surface area contributed by atoms with Crippen LogP contribution < -0.4 is 5.32 Å². The zero-order valence-electron chi connectivity index (χ0n) is 12.9. The van der Waals surface area contributed by atoms with E-state index in [0.29, 0.717) is 30.5 Å². The van der Waals surface area contributed by atoms with Crippen LogP contribution in [0.1, 0.15) is 62.5 Å². The van der Waals surface area contributed by atoms with E-state index in [0.717, 1.165) is 12.8 Å². The molecular formula is C16H25N3O2. The Morgan fingerprint density at radius 1 is 1.57 bits per heavy atom. The van der Waals surface area contributed by atoms with Crippen LogP contribution in [-0.4, -0.2) is 32.9 Å². The Hall–Kier alpha value is -1.36. The standard InChI is InChI=1S/C16H25N3O2/c1-11(2)19-8-5-14(18-19)15(20)17-7-6-16(21)10-12-3-4-13(16)9-12/h5,8,11-13,21H,3-4,6-7,9-10H2,1-2H3,(H,17,20)/t12-,13-,16-/m0/s1. The van der Waals surface area contributed by atoms with Crippen molar-refractivity contribution in [3.63, 3.8) is 0 Å². The monoisotopic (exact) mass is 291 g/mol. The number of nitrogens with one attached hydrogen (secondary N) is 1. The van der Waals surface area contributed by atoms with Gasteiger partial charge in [0.2, 0.25) is 0 Å². The van der Waals surface area contributed by atoms with Gasteiger partial charge in [0.25, 0.3) is 5.91 Å². The van der Waals surface area contributed by atoms with Gasteiger partial charge >= 0.3 is 0 Å². The number of aromatic nitrogens is 2. The highest BCUT2D eigenvalue weighted by Crippen LogP contribution is 2.51. The Labute approximate surface area is 125 Å². The topological polar surface area (TPSA) is 67.2 Å². The Balaban J connectivity index is 1.50. The van der Waals surface area contributed by atoms with Crippen LogP contribution in [0.2, 0.25) is 0 Å². The summed E-state index contributed by atoms with van der Waals surface area (Å²) in [7, 11) is 0. The Bertz CT molecular complexity index is 525. The molecule has 3 rings (SSSR count). The fourth-order valence-corrected chi connectivity index (χ4v) is 3.95. The number of hydrogen-bond acceptors (Lipinski definition) is 3. The molecule has 0 spiro atoms. The van der Waals surface area contributed by atoms with Crippen molar-refractivity contribution in [2.45, 2.75) is 57.6 Å². The number of hydrogen-bond donors (Lipinski definition) is 2. The van der Waals surface area contributed by atoms with Gasteiger partial charge in [0.1, 0.15) is 5.69 Å². The van der Waals surface area contributed by atoms with Crippen LogP contribution in [0.15, 0.2) is 12.3 Å². The van der Waals surface area contributed by atoms with Gasteiger partial charge in [-0.25, -0.2) is 0 Å². The maximum absolute atomic E-state index is 12.1. The van der Waals surface area contributed by atoms with Gasteiger partial charge in [0.15, 0.2) is 0 Å². The van der Waals surface area contributed by atoms with Crippen LogP contribution in [0, 0.1) is 11.8 Å². The second kappa shape index (κ2) is 5.44. The van der Waals surface area contributed by atoms with Crippen molar-refractivity contribution in [2.75, 3.05) is 6.54 Å². The van der Waals surface area contributed by atoms with Gasteiger partial charge in [-0.05, 0) is 63.9 Å². The van der Waals surface area contributed by atoms with E-state index in [1.807, 2.05) is 20.0 Å². The molecule has 0 radical (unpaired) electrons. The number of rotatable bonds is 5. The molecule has 116 valence electrons. The molecule has 2 bridgehead atoms. The number of carbonyl (C=O) groups excluding carboxylic acids is 1. The van der Waals surface area contributed by atoms with Crippen LogP contribution in [0.4, 0.5) is 0 Å². The largest absolute Gasteiger partial charge is 0.390 e. The number of nitrogens with zero attached hydrogens (tertiary/aromatic N) is 2. The highest BCUT2D eigenvalue weighted by molar-refractivity contribution is 5.92. The number of fused-ring (bicyclic) bond motifs is 2. The molecule has 5 nitrogen and oxygen atoms in total. The molecule has 2 N–H and O–H groups in total. The van der Waals surface area contributed by atoms with Crippen molar-refractivity contribution in [1.82, 2.24) is 15.1 Å². The quantitative estimate of drug-likeness (QED) is 0.873. The zero-order valence-corrected chi connectivity index (χ0v) is 12.9. The number of aliphatic hydroxyl groups is 1. The first kappa shape index (κ1) is 14.6. The molecule has 3 atom stereocenters. The lowest BCUT2D eigenvalue weighted by molar-refractivity contribution is -0.0196. The summed E-state index contributed by atoms with van der Waals surface area (Å²) in [5.41, 5.74) is -0.100. The third kappa shape index (κ3) is 2.84. The van der Waals surface area contributed by atoms with Crippen molar-refractivity contribution in [3.8, 4) is 0 Å². The molecule has 1 aromatic heterocycles. The van der Waals surface area contributed by atoms with Crippen LogP contribution in [-0.2, 0) is 0 Å². The molecule has 2 saturated carbocycles. The Morgan fingerprint density at radius 3 is 2.95 bits per heavy atom. The van der Waals surface area contributed by atoms with Crippen LogP contribution in [0.3, 0.4) is 0 Å². The van der Waals surface area contributed by atoms with Gasteiger partial charge in [-0.1, -0.05) is 0 Å². The average Bonchev–Trinajstić information content (AvgIpc) is 3.13. The molecule has 1 aromatic rings. The molecule has 2 fully saturated rings. The van der Waals surface area contributed by atoms with Gasteiger partial charge in [-0.3, -0.25) is 9.48 Å². The van der Waals surface area contributed by atoms with Gasteiger partial charge < -0.3 is 10.4 Å². The summed E-state index contributed by atoms with van der Waals surface area (Å²) < 4.78 is 1.78. The first-order chi connectivity index (χ1) is 9.98. The molecule has 0 saturated heterocycles. The second-order valence-corrected chi connectivity index (χ2v) is 6.96. The molecule has 2 aliphatic rings. The van der Waals surface area contributed by atoms with Gasteiger partial charge in [0, 0.05) is 18.8 Å². The minimum absolute atomic E-state index is 0.152. The van der Waals surface area contributed by atoms with E-state index in [4.69, 9.17) is 0 Å². The smallest absolute Gasteiger partial charge is 0.271 e. The first-order valence-corrected chi connectivity index (χ1v) is 8.04. The van der Waals surface area contributed by atoms with E-state index >= 15 is 0 Å². The average molecular weight is 291 g/mol. The highest BCUT2D eigenvalue weighted by atomic mass is 16.3. The lowest BCUT2D eigenvalue weighted by atomic mass is 9.82. The van der Waals surface area contributed by atoms with Crippen molar-refractivity contribution >= 4 is 5.91 Å². The normalized spacial score (nSPS) is 31.0. The fraction of sp³-hybridized carbons (Fsp3) is 0.750. The summed E-state index contributed by atoms with van der Waals surface area (Å²) in [5.74, 6) is 0.998. The molecule has 21 heavy (non-hydrogen) atoms. The third-order valence-electron chi connectivity index (χ3n) is 5.16.